The first-order chi connectivity index (χ1) is 18.5. The Hall–Kier alpha value is -3.87. The second-order valence-corrected chi connectivity index (χ2v) is 9.84. The van der Waals surface area contributed by atoms with Crippen LogP contribution >= 0.6 is 11.8 Å². The predicted octanol–water partition coefficient (Wildman–Crippen LogP) is 5.45. The number of hydrogen-bond acceptors (Lipinski definition) is 7. The molecule has 1 atom stereocenters. The highest BCUT2D eigenvalue weighted by atomic mass is 32.2. The Morgan fingerprint density at radius 1 is 1.10 bits per heavy atom. The zero-order valence-corrected chi connectivity index (χ0v) is 22.0. The Morgan fingerprint density at radius 2 is 1.79 bits per heavy atom. The number of benzene rings is 3. The Morgan fingerprint density at radius 3 is 2.46 bits per heavy atom. The first-order valence-corrected chi connectivity index (χ1v) is 12.8. The number of thioether (sulfide) groups is 1. The number of nitrogens with two attached hydrogens (primary N) is 1. The zero-order chi connectivity index (χ0) is 28.0. The van der Waals surface area contributed by atoms with Crippen LogP contribution in [0.5, 0.6) is 5.75 Å². The molecule has 3 N–H and O–H groups in total. The van der Waals surface area contributed by atoms with Crippen molar-refractivity contribution in [3.63, 3.8) is 0 Å². The number of halogens is 3. The van der Waals surface area contributed by atoms with E-state index in [-0.39, 0.29) is 5.75 Å². The SMILES string of the molecule is Cc1ccccc1N1/C(=N/N=C/c2ccc(CN=CN(N)c3ccc(OC(F)(F)F)cc3)cc2)SCC1(C)O. The van der Waals surface area contributed by atoms with Crippen molar-refractivity contribution in [3.05, 3.63) is 89.5 Å². The van der Waals surface area contributed by atoms with E-state index in [4.69, 9.17) is 5.84 Å². The number of rotatable bonds is 8. The van der Waals surface area contributed by atoms with Crippen LogP contribution < -0.4 is 20.5 Å². The number of anilines is 2. The van der Waals surface area contributed by atoms with Crippen LogP contribution in [-0.4, -0.2) is 40.7 Å². The molecule has 39 heavy (non-hydrogen) atoms. The Kier molecular flexibility index (Phi) is 8.58. The maximum absolute atomic E-state index is 12.3. The molecule has 0 aliphatic carbocycles. The summed E-state index contributed by atoms with van der Waals surface area (Å²) in [5, 5.41) is 21.3. The standard InChI is InChI=1S/C27H27F3N6O2S/c1-19-5-3-4-6-24(19)36-25(39-17-26(36,2)37)34-33-16-21-9-7-20(8-10-21)15-32-18-35(31)22-11-13-23(14-12-22)38-27(28,29)30/h3-14,16,18,37H,15,17,31H2,1-2H3/b32-18?,33-16+,34-25-. The summed E-state index contributed by atoms with van der Waals surface area (Å²) in [5.41, 5.74) is 3.05. The van der Waals surface area contributed by atoms with Crippen molar-refractivity contribution in [2.24, 2.45) is 21.0 Å². The molecule has 0 bridgehead atoms. The van der Waals surface area contributed by atoms with Crippen molar-refractivity contribution in [1.29, 1.82) is 0 Å². The van der Waals surface area contributed by atoms with Gasteiger partial charge in [0, 0.05) is 11.4 Å². The van der Waals surface area contributed by atoms with E-state index in [1.54, 1.807) is 18.0 Å². The van der Waals surface area contributed by atoms with E-state index >= 15 is 0 Å². The molecular weight excluding hydrogens is 529 g/mol. The molecule has 1 heterocycles. The maximum Gasteiger partial charge on any atom is 0.573 e. The molecular formula is C27H27F3N6O2S. The minimum atomic E-state index is -4.75. The molecule has 1 aliphatic heterocycles. The Bertz CT molecular complexity index is 1360. The van der Waals surface area contributed by atoms with Crippen LogP contribution in [0.1, 0.15) is 23.6 Å². The van der Waals surface area contributed by atoms with Crippen LogP contribution in [0.3, 0.4) is 0 Å². The minimum Gasteiger partial charge on any atom is -0.406 e. The molecule has 4 rings (SSSR count). The lowest BCUT2D eigenvalue weighted by atomic mass is 10.1. The molecule has 0 aromatic heterocycles. The van der Waals surface area contributed by atoms with Crippen molar-refractivity contribution in [3.8, 4) is 5.75 Å². The molecule has 8 nitrogen and oxygen atoms in total. The van der Waals surface area contributed by atoms with Gasteiger partial charge in [-0.2, -0.15) is 5.10 Å². The van der Waals surface area contributed by atoms with Crippen molar-refractivity contribution in [2.75, 3.05) is 15.7 Å². The lowest BCUT2D eigenvalue weighted by Gasteiger charge is -2.31. The van der Waals surface area contributed by atoms with Gasteiger partial charge in [-0.3, -0.25) is 14.9 Å². The van der Waals surface area contributed by atoms with E-state index in [0.717, 1.165) is 22.4 Å². The Balaban J connectivity index is 1.34. The largest absolute Gasteiger partial charge is 0.573 e. The number of amidine groups is 1. The van der Waals surface area contributed by atoms with Crippen LogP contribution in [0.4, 0.5) is 24.5 Å². The lowest BCUT2D eigenvalue weighted by Crippen LogP contribution is -2.45. The molecule has 204 valence electrons. The van der Waals surface area contributed by atoms with Crippen LogP contribution in [0.2, 0.25) is 0 Å². The van der Waals surface area contributed by atoms with Gasteiger partial charge in [-0.05, 0) is 60.9 Å². The third-order valence-electron chi connectivity index (χ3n) is 5.68. The number of hydrazine groups is 1. The van der Waals surface area contributed by atoms with E-state index < -0.39 is 12.1 Å². The van der Waals surface area contributed by atoms with E-state index in [0.29, 0.717) is 23.2 Å². The Labute approximate surface area is 228 Å². The van der Waals surface area contributed by atoms with Crippen molar-refractivity contribution in [1.82, 2.24) is 0 Å². The van der Waals surface area contributed by atoms with Crippen LogP contribution in [0.15, 0.2) is 88.0 Å². The van der Waals surface area contributed by atoms with Crippen molar-refractivity contribution >= 4 is 40.9 Å². The fraction of sp³-hybridized carbons (Fsp3) is 0.222. The molecule has 0 radical (unpaired) electrons. The number of ether oxygens (including phenoxy) is 1. The molecule has 1 fully saturated rings. The highest BCUT2D eigenvalue weighted by Crippen LogP contribution is 2.37. The number of alkyl halides is 3. The van der Waals surface area contributed by atoms with Gasteiger partial charge in [0.15, 0.2) is 10.9 Å². The van der Waals surface area contributed by atoms with E-state index in [1.165, 1.54) is 47.4 Å². The quantitative estimate of drug-likeness (QED) is 0.166. The maximum atomic E-state index is 12.3. The number of aliphatic imine (C=N–C) groups is 1. The van der Waals surface area contributed by atoms with Crippen LogP contribution in [0, 0.1) is 6.92 Å². The number of para-hydroxylation sites is 1. The molecule has 3 aromatic carbocycles. The topological polar surface area (TPSA) is 99.0 Å². The lowest BCUT2D eigenvalue weighted by molar-refractivity contribution is -0.274. The summed E-state index contributed by atoms with van der Waals surface area (Å²) < 4.78 is 40.7. The number of nitrogens with zero attached hydrogens (tertiary/aromatic N) is 5. The second-order valence-electron chi connectivity index (χ2n) is 8.90. The fourth-order valence-electron chi connectivity index (χ4n) is 3.76. The number of aryl methyl sites for hydroxylation is 1. The van der Waals surface area contributed by atoms with Gasteiger partial charge in [0.2, 0.25) is 0 Å². The molecule has 0 spiro atoms. The molecule has 0 saturated carbocycles. The summed E-state index contributed by atoms with van der Waals surface area (Å²) in [6.07, 6.45) is -1.72. The zero-order valence-electron chi connectivity index (χ0n) is 21.2. The highest BCUT2D eigenvalue weighted by molar-refractivity contribution is 8.14. The summed E-state index contributed by atoms with van der Waals surface area (Å²) in [4.78, 5) is 6.08. The number of aliphatic hydroxyl groups is 1. The van der Waals surface area contributed by atoms with Crippen LogP contribution in [-0.2, 0) is 6.54 Å². The van der Waals surface area contributed by atoms with Crippen molar-refractivity contribution < 1.29 is 23.0 Å². The smallest absolute Gasteiger partial charge is 0.406 e. The molecule has 1 saturated heterocycles. The highest BCUT2D eigenvalue weighted by Gasteiger charge is 2.41. The van der Waals surface area contributed by atoms with Gasteiger partial charge in [0.25, 0.3) is 0 Å². The summed E-state index contributed by atoms with van der Waals surface area (Å²) in [6, 6.07) is 20.5. The van der Waals surface area contributed by atoms with E-state index in [9.17, 15) is 18.3 Å². The van der Waals surface area contributed by atoms with E-state index in [2.05, 4.69) is 19.9 Å². The summed E-state index contributed by atoms with van der Waals surface area (Å²) in [7, 11) is 0. The third-order valence-corrected chi connectivity index (χ3v) is 6.90. The second kappa shape index (κ2) is 11.9. The average Bonchev–Trinajstić information content (AvgIpc) is 3.18. The van der Waals surface area contributed by atoms with Gasteiger partial charge in [-0.25, -0.2) is 5.84 Å². The van der Waals surface area contributed by atoms with Crippen molar-refractivity contribution in [2.45, 2.75) is 32.5 Å². The third kappa shape index (κ3) is 7.59. The fourth-order valence-corrected chi connectivity index (χ4v) is 4.82. The molecule has 12 heteroatoms. The first kappa shape index (κ1) is 28.1. The van der Waals surface area contributed by atoms with Gasteiger partial charge >= 0.3 is 6.36 Å². The summed E-state index contributed by atoms with van der Waals surface area (Å²) >= 11 is 1.44. The van der Waals surface area contributed by atoms with E-state index in [1.807, 2.05) is 55.5 Å². The van der Waals surface area contributed by atoms with Crippen LogP contribution in [0.25, 0.3) is 0 Å². The number of hydrogen-bond donors (Lipinski definition) is 2. The first-order valence-electron chi connectivity index (χ1n) is 11.8. The van der Waals surface area contributed by atoms with Gasteiger partial charge in [-0.15, -0.1) is 18.3 Å². The minimum absolute atomic E-state index is 0.330. The molecule has 3 aromatic rings. The van der Waals surface area contributed by atoms with Gasteiger partial charge in [-0.1, -0.05) is 54.2 Å². The summed E-state index contributed by atoms with van der Waals surface area (Å²) in [5.74, 6) is 6.05. The molecule has 1 unspecified atom stereocenters. The average molecular weight is 557 g/mol. The van der Waals surface area contributed by atoms with Gasteiger partial charge in [0.05, 0.1) is 18.4 Å². The molecule has 1 aliphatic rings. The van der Waals surface area contributed by atoms with Gasteiger partial charge < -0.3 is 9.84 Å². The monoisotopic (exact) mass is 556 g/mol. The molecule has 0 amide bonds. The normalized spacial score (nSPS) is 18.9. The summed E-state index contributed by atoms with van der Waals surface area (Å²) in [6.45, 7) is 4.09. The van der Waals surface area contributed by atoms with Gasteiger partial charge in [0.1, 0.15) is 12.1 Å². The predicted molar refractivity (Wildman–Crippen MR) is 150 cm³/mol.